The van der Waals surface area contributed by atoms with Crippen LogP contribution in [0.25, 0.3) is 0 Å². The smallest absolute Gasteiger partial charge is 0.322 e. The number of benzene rings is 1. The van der Waals surface area contributed by atoms with Gasteiger partial charge in [-0.2, -0.15) is 0 Å². The summed E-state index contributed by atoms with van der Waals surface area (Å²) >= 11 is 1.69. The van der Waals surface area contributed by atoms with Gasteiger partial charge in [0.25, 0.3) is 5.91 Å². The second kappa shape index (κ2) is 7.08. The molecule has 0 aliphatic carbocycles. The molecule has 7 heteroatoms. The molecule has 0 radical (unpaired) electrons. The molecule has 3 amide bonds. The molecule has 1 atom stereocenters. The standard InChI is InChI=1S/C20H21N3O3S/c1-22-16-12-23(10-9-15-4-3-11-27-15)19(24)17(16)18(21-20(22)25)13-5-7-14(26-2)8-6-13/h3-8,11,18H,9-10,12H2,1-2H3,(H,21,25). The Morgan fingerprint density at radius 3 is 2.67 bits per heavy atom. The van der Waals surface area contributed by atoms with Gasteiger partial charge in [0.05, 0.1) is 31.0 Å². The minimum absolute atomic E-state index is 0.00535. The van der Waals surface area contributed by atoms with E-state index in [9.17, 15) is 9.59 Å². The molecule has 1 aromatic carbocycles. The van der Waals surface area contributed by atoms with Crippen LogP contribution in [-0.2, 0) is 11.2 Å². The van der Waals surface area contributed by atoms with Crippen LogP contribution in [0.4, 0.5) is 4.79 Å². The van der Waals surface area contributed by atoms with E-state index in [1.807, 2.05) is 40.6 Å². The van der Waals surface area contributed by atoms with Crippen LogP contribution >= 0.6 is 11.3 Å². The van der Waals surface area contributed by atoms with Gasteiger partial charge in [0.15, 0.2) is 0 Å². The Hall–Kier alpha value is -2.80. The molecule has 1 N–H and O–H groups in total. The number of carbonyl (C=O) groups excluding carboxylic acids is 2. The Labute approximate surface area is 162 Å². The van der Waals surface area contributed by atoms with Crippen molar-refractivity contribution in [2.45, 2.75) is 12.5 Å². The van der Waals surface area contributed by atoms with Crippen LogP contribution in [0, 0.1) is 0 Å². The van der Waals surface area contributed by atoms with E-state index in [0.717, 1.165) is 23.4 Å². The molecule has 3 heterocycles. The van der Waals surface area contributed by atoms with E-state index < -0.39 is 6.04 Å². The van der Waals surface area contributed by atoms with Gasteiger partial charge in [-0.3, -0.25) is 9.69 Å². The van der Waals surface area contributed by atoms with Gasteiger partial charge in [-0.05, 0) is 35.6 Å². The number of hydrogen-bond donors (Lipinski definition) is 1. The summed E-state index contributed by atoms with van der Waals surface area (Å²) in [5.74, 6) is 0.733. The van der Waals surface area contributed by atoms with Gasteiger partial charge < -0.3 is 15.0 Å². The molecule has 2 aliphatic rings. The molecule has 0 saturated heterocycles. The fourth-order valence-electron chi connectivity index (χ4n) is 3.55. The molecule has 0 fully saturated rings. The predicted octanol–water partition coefficient (Wildman–Crippen LogP) is 2.79. The van der Waals surface area contributed by atoms with E-state index in [1.54, 1.807) is 30.4 Å². The molecule has 2 aliphatic heterocycles. The Bertz CT molecular complexity index is 890. The number of amides is 3. The summed E-state index contributed by atoms with van der Waals surface area (Å²) in [7, 11) is 3.32. The molecule has 1 aromatic heterocycles. The number of thiophene rings is 1. The van der Waals surface area contributed by atoms with Gasteiger partial charge in [-0.1, -0.05) is 18.2 Å². The van der Waals surface area contributed by atoms with E-state index in [4.69, 9.17) is 4.74 Å². The lowest BCUT2D eigenvalue weighted by molar-refractivity contribution is -0.125. The lowest BCUT2D eigenvalue weighted by Crippen LogP contribution is -2.45. The monoisotopic (exact) mass is 383 g/mol. The van der Waals surface area contributed by atoms with Crippen LogP contribution < -0.4 is 10.1 Å². The first-order valence-corrected chi connectivity index (χ1v) is 9.69. The summed E-state index contributed by atoms with van der Waals surface area (Å²) in [6.45, 7) is 1.11. The van der Waals surface area contributed by atoms with Gasteiger partial charge in [0.1, 0.15) is 5.75 Å². The first-order chi connectivity index (χ1) is 13.1. The topological polar surface area (TPSA) is 61.9 Å². The number of hydrogen-bond acceptors (Lipinski definition) is 4. The van der Waals surface area contributed by atoms with Crippen LogP contribution in [0.5, 0.6) is 5.75 Å². The second-order valence-corrected chi connectivity index (χ2v) is 7.66. The molecular weight excluding hydrogens is 362 g/mol. The summed E-state index contributed by atoms with van der Waals surface area (Å²) in [6.07, 6.45) is 0.822. The van der Waals surface area contributed by atoms with E-state index in [2.05, 4.69) is 11.4 Å². The average Bonchev–Trinajstić information content (AvgIpc) is 3.31. The first-order valence-electron chi connectivity index (χ1n) is 8.81. The number of urea groups is 1. The van der Waals surface area contributed by atoms with Gasteiger partial charge >= 0.3 is 6.03 Å². The van der Waals surface area contributed by atoms with E-state index in [0.29, 0.717) is 18.7 Å². The van der Waals surface area contributed by atoms with Crippen molar-refractivity contribution in [3.8, 4) is 5.75 Å². The zero-order chi connectivity index (χ0) is 19.0. The maximum Gasteiger partial charge on any atom is 0.322 e. The number of methoxy groups -OCH3 is 1. The van der Waals surface area contributed by atoms with Crippen molar-refractivity contribution in [1.29, 1.82) is 0 Å². The highest BCUT2D eigenvalue weighted by Crippen LogP contribution is 2.36. The minimum atomic E-state index is -0.436. The zero-order valence-corrected chi connectivity index (χ0v) is 16.1. The van der Waals surface area contributed by atoms with Crippen LogP contribution in [0.2, 0.25) is 0 Å². The molecule has 140 valence electrons. The lowest BCUT2D eigenvalue weighted by Gasteiger charge is -2.31. The third-order valence-corrected chi connectivity index (χ3v) is 6.03. The van der Waals surface area contributed by atoms with Crippen molar-refractivity contribution in [3.63, 3.8) is 0 Å². The van der Waals surface area contributed by atoms with E-state index in [-0.39, 0.29) is 11.9 Å². The van der Waals surface area contributed by atoms with Gasteiger partial charge in [0, 0.05) is 18.5 Å². The molecule has 2 aromatic rings. The van der Waals surface area contributed by atoms with Crippen LogP contribution in [0.3, 0.4) is 0 Å². The Kier molecular flexibility index (Phi) is 4.61. The number of nitrogens with zero attached hydrogens (tertiary/aromatic N) is 2. The SMILES string of the molecule is COc1ccc(C2NC(=O)N(C)C3=C2C(=O)N(CCc2cccs2)C3)cc1. The normalized spacial score (nSPS) is 19.4. The van der Waals surface area contributed by atoms with Crippen LogP contribution in [0.15, 0.2) is 53.0 Å². The molecule has 0 bridgehead atoms. The van der Waals surface area contributed by atoms with Gasteiger partial charge in [-0.25, -0.2) is 4.79 Å². The van der Waals surface area contributed by atoms with Crippen molar-refractivity contribution >= 4 is 23.3 Å². The summed E-state index contributed by atoms with van der Waals surface area (Å²) in [6, 6.07) is 10.9. The number of rotatable bonds is 5. The summed E-state index contributed by atoms with van der Waals surface area (Å²) in [5, 5.41) is 5.00. The minimum Gasteiger partial charge on any atom is -0.497 e. The Morgan fingerprint density at radius 2 is 2.00 bits per heavy atom. The van der Waals surface area contributed by atoms with Crippen molar-refractivity contribution in [1.82, 2.24) is 15.1 Å². The number of carbonyl (C=O) groups is 2. The molecule has 1 unspecified atom stereocenters. The summed E-state index contributed by atoms with van der Waals surface area (Å²) in [5.41, 5.74) is 2.32. The van der Waals surface area contributed by atoms with Gasteiger partial charge in [0.2, 0.25) is 0 Å². The third kappa shape index (κ3) is 3.19. The van der Waals surface area contributed by atoms with E-state index >= 15 is 0 Å². The predicted molar refractivity (Wildman–Crippen MR) is 104 cm³/mol. The number of ether oxygens (including phenoxy) is 1. The highest BCUT2D eigenvalue weighted by Gasteiger charge is 2.42. The lowest BCUT2D eigenvalue weighted by atomic mass is 9.95. The fourth-order valence-corrected chi connectivity index (χ4v) is 4.25. The molecule has 0 spiro atoms. The van der Waals surface area contributed by atoms with Crippen molar-refractivity contribution in [2.24, 2.45) is 0 Å². The van der Waals surface area contributed by atoms with Crippen molar-refractivity contribution in [2.75, 3.05) is 27.2 Å². The first kappa shape index (κ1) is 17.6. The number of likely N-dealkylation sites (N-methyl/N-ethyl adjacent to an activating group) is 1. The van der Waals surface area contributed by atoms with Crippen LogP contribution in [-0.4, -0.2) is 49.0 Å². The fraction of sp³-hybridized carbons (Fsp3) is 0.300. The second-order valence-electron chi connectivity index (χ2n) is 6.63. The third-order valence-electron chi connectivity index (χ3n) is 5.09. The summed E-state index contributed by atoms with van der Waals surface area (Å²) < 4.78 is 5.21. The summed E-state index contributed by atoms with van der Waals surface area (Å²) in [4.78, 5) is 30.2. The van der Waals surface area contributed by atoms with E-state index in [1.165, 1.54) is 4.88 Å². The number of nitrogens with one attached hydrogen (secondary N) is 1. The molecular formula is C20H21N3O3S. The Balaban J connectivity index is 1.60. The highest BCUT2D eigenvalue weighted by molar-refractivity contribution is 7.09. The zero-order valence-electron chi connectivity index (χ0n) is 15.3. The van der Waals surface area contributed by atoms with Crippen LogP contribution in [0.1, 0.15) is 16.5 Å². The molecule has 4 rings (SSSR count). The molecule has 6 nitrogen and oxygen atoms in total. The van der Waals surface area contributed by atoms with Crippen molar-refractivity contribution < 1.29 is 14.3 Å². The average molecular weight is 383 g/mol. The van der Waals surface area contributed by atoms with Crippen molar-refractivity contribution in [3.05, 3.63) is 63.5 Å². The largest absolute Gasteiger partial charge is 0.497 e. The maximum absolute atomic E-state index is 13.1. The highest BCUT2D eigenvalue weighted by atomic mass is 32.1. The molecule has 0 saturated carbocycles. The van der Waals surface area contributed by atoms with Gasteiger partial charge in [-0.15, -0.1) is 11.3 Å². The maximum atomic E-state index is 13.1. The Morgan fingerprint density at radius 1 is 1.22 bits per heavy atom. The molecule has 27 heavy (non-hydrogen) atoms. The quantitative estimate of drug-likeness (QED) is 0.864.